The minimum atomic E-state index is 0.493. The number of carbonyl (C=O) groups is 1. The molecule has 0 saturated heterocycles. The zero-order valence-electron chi connectivity index (χ0n) is 6.67. The summed E-state index contributed by atoms with van der Waals surface area (Å²) in [6.45, 7) is 4.73. The van der Waals surface area contributed by atoms with E-state index in [1.54, 1.807) is 0 Å². The Labute approximate surface area is 62.0 Å². The van der Waals surface area contributed by atoms with Crippen LogP contribution in [0.15, 0.2) is 0 Å². The largest absolute Gasteiger partial charge is 0.380 e. The van der Waals surface area contributed by atoms with Gasteiger partial charge in [0.05, 0.1) is 13.2 Å². The Hall–Kier alpha value is -0.410. The summed E-state index contributed by atoms with van der Waals surface area (Å²) in [7, 11) is 1.90. The molecule has 0 unspecified atom stereocenters. The maximum atomic E-state index is 9.97. The van der Waals surface area contributed by atoms with Gasteiger partial charge in [0.1, 0.15) is 6.29 Å². The SMILES string of the molecule is CCOCCN(C)CC=O. The summed E-state index contributed by atoms with van der Waals surface area (Å²) in [4.78, 5) is 11.9. The molecule has 0 aromatic heterocycles. The predicted octanol–water partition coefficient (Wildman–Crippen LogP) is 0.154. The van der Waals surface area contributed by atoms with Crippen LogP contribution >= 0.6 is 0 Å². The van der Waals surface area contributed by atoms with Crippen molar-refractivity contribution in [3.05, 3.63) is 0 Å². The lowest BCUT2D eigenvalue weighted by Crippen LogP contribution is -2.24. The van der Waals surface area contributed by atoms with Crippen LogP contribution in [0.3, 0.4) is 0 Å². The first-order valence-corrected chi connectivity index (χ1v) is 3.51. The van der Waals surface area contributed by atoms with E-state index in [1.807, 2.05) is 18.9 Å². The van der Waals surface area contributed by atoms with Crippen molar-refractivity contribution in [1.29, 1.82) is 0 Å². The van der Waals surface area contributed by atoms with Crippen molar-refractivity contribution >= 4 is 6.29 Å². The highest BCUT2D eigenvalue weighted by atomic mass is 16.5. The first-order chi connectivity index (χ1) is 4.81. The monoisotopic (exact) mass is 145 g/mol. The fraction of sp³-hybridized carbons (Fsp3) is 0.857. The first-order valence-electron chi connectivity index (χ1n) is 3.51. The molecular weight excluding hydrogens is 130 g/mol. The summed E-state index contributed by atoms with van der Waals surface area (Å²) >= 11 is 0. The molecule has 0 radical (unpaired) electrons. The molecule has 60 valence electrons. The minimum Gasteiger partial charge on any atom is -0.380 e. The zero-order chi connectivity index (χ0) is 7.82. The molecule has 0 heterocycles. The predicted molar refractivity (Wildman–Crippen MR) is 40.1 cm³/mol. The van der Waals surface area contributed by atoms with Gasteiger partial charge in [-0.2, -0.15) is 0 Å². The average Bonchev–Trinajstić information content (AvgIpc) is 1.89. The van der Waals surface area contributed by atoms with Crippen LogP contribution < -0.4 is 0 Å². The normalized spacial score (nSPS) is 10.3. The van der Waals surface area contributed by atoms with Gasteiger partial charge in [-0.05, 0) is 14.0 Å². The van der Waals surface area contributed by atoms with Gasteiger partial charge in [-0.25, -0.2) is 0 Å². The fourth-order valence-corrected chi connectivity index (χ4v) is 0.583. The van der Waals surface area contributed by atoms with Gasteiger partial charge in [0.2, 0.25) is 0 Å². The van der Waals surface area contributed by atoms with Gasteiger partial charge >= 0.3 is 0 Å². The molecule has 0 atom stereocenters. The minimum absolute atomic E-state index is 0.493. The van der Waals surface area contributed by atoms with Gasteiger partial charge in [0, 0.05) is 13.2 Å². The maximum Gasteiger partial charge on any atom is 0.133 e. The molecule has 0 aromatic carbocycles. The van der Waals surface area contributed by atoms with E-state index in [0.29, 0.717) is 13.2 Å². The Morgan fingerprint density at radius 1 is 1.60 bits per heavy atom. The third-order valence-electron chi connectivity index (χ3n) is 1.21. The summed E-state index contributed by atoms with van der Waals surface area (Å²) in [6.07, 6.45) is 0.895. The number of likely N-dealkylation sites (N-methyl/N-ethyl adjacent to an activating group) is 1. The molecule has 0 saturated carbocycles. The molecule has 0 aliphatic heterocycles. The standard InChI is InChI=1S/C7H15NO2/c1-3-10-7-5-8(2)4-6-9/h6H,3-5,7H2,1-2H3. The van der Waals surface area contributed by atoms with Crippen LogP contribution in [0.5, 0.6) is 0 Å². The molecule has 0 N–H and O–H groups in total. The van der Waals surface area contributed by atoms with Crippen LogP contribution in [0.4, 0.5) is 0 Å². The molecule has 0 amide bonds. The smallest absolute Gasteiger partial charge is 0.133 e. The lowest BCUT2D eigenvalue weighted by Gasteiger charge is -2.11. The summed E-state index contributed by atoms with van der Waals surface area (Å²) < 4.78 is 5.09. The van der Waals surface area contributed by atoms with E-state index in [1.165, 1.54) is 0 Å². The molecule has 0 aromatic rings. The Balaban J connectivity index is 3.04. The van der Waals surface area contributed by atoms with Crippen LogP contribution in [0.25, 0.3) is 0 Å². The third kappa shape index (κ3) is 5.72. The molecule has 0 aliphatic rings. The molecule has 3 heteroatoms. The molecule has 0 rings (SSSR count). The second kappa shape index (κ2) is 6.71. The van der Waals surface area contributed by atoms with Gasteiger partial charge < -0.3 is 9.53 Å². The Bertz CT molecular complexity index is 85.7. The maximum absolute atomic E-state index is 9.97. The highest BCUT2D eigenvalue weighted by molar-refractivity contribution is 5.51. The Morgan fingerprint density at radius 3 is 2.80 bits per heavy atom. The lowest BCUT2D eigenvalue weighted by molar-refractivity contribution is -0.108. The van der Waals surface area contributed by atoms with Crippen LogP contribution in [0, 0.1) is 0 Å². The van der Waals surface area contributed by atoms with Crippen molar-refractivity contribution in [1.82, 2.24) is 4.90 Å². The van der Waals surface area contributed by atoms with Crippen LogP contribution in [0.2, 0.25) is 0 Å². The van der Waals surface area contributed by atoms with Gasteiger partial charge in [-0.15, -0.1) is 0 Å². The van der Waals surface area contributed by atoms with E-state index >= 15 is 0 Å². The first kappa shape index (κ1) is 9.59. The molecule has 0 bridgehead atoms. The number of carbonyl (C=O) groups excluding carboxylic acids is 1. The number of hydrogen-bond acceptors (Lipinski definition) is 3. The van der Waals surface area contributed by atoms with Crippen molar-refractivity contribution in [2.75, 3.05) is 33.4 Å². The molecular formula is C7H15NO2. The van der Waals surface area contributed by atoms with Gasteiger partial charge in [-0.3, -0.25) is 4.90 Å². The summed E-state index contributed by atoms with van der Waals surface area (Å²) in [5, 5.41) is 0. The molecule has 10 heavy (non-hydrogen) atoms. The lowest BCUT2D eigenvalue weighted by atomic mass is 10.5. The number of rotatable bonds is 6. The summed E-state index contributed by atoms with van der Waals surface area (Å²) in [5.41, 5.74) is 0. The number of hydrogen-bond donors (Lipinski definition) is 0. The third-order valence-corrected chi connectivity index (χ3v) is 1.21. The summed E-state index contributed by atoms with van der Waals surface area (Å²) in [6, 6.07) is 0. The summed E-state index contributed by atoms with van der Waals surface area (Å²) in [5.74, 6) is 0. The van der Waals surface area contributed by atoms with Crippen LogP contribution in [0.1, 0.15) is 6.92 Å². The highest BCUT2D eigenvalue weighted by Gasteiger charge is 1.94. The van der Waals surface area contributed by atoms with Crippen molar-refractivity contribution in [3.8, 4) is 0 Å². The fourth-order valence-electron chi connectivity index (χ4n) is 0.583. The van der Waals surface area contributed by atoms with E-state index in [0.717, 1.165) is 19.4 Å². The quantitative estimate of drug-likeness (QED) is 0.393. The van der Waals surface area contributed by atoms with Gasteiger partial charge in [0.15, 0.2) is 0 Å². The number of ether oxygens (including phenoxy) is 1. The second-order valence-corrected chi connectivity index (χ2v) is 2.13. The number of nitrogens with zero attached hydrogens (tertiary/aromatic N) is 1. The van der Waals surface area contributed by atoms with Crippen LogP contribution in [-0.2, 0) is 9.53 Å². The highest BCUT2D eigenvalue weighted by Crippen LogP contribution is 1.80. The number of aldehydes is 1. The van der Waals surface area contributed by atoms with E-state index in [-0.39, 0.29) is 0 Å². The Kier molecular flexibility index (Phi) is 6.43. The average molecular weight is 145 g/mol. The van der Waals surface area contributed by atoms with Gasteiger partial charge in [0.25, 0.3) is 0 Å². The van der Waals surface area contributed by atoms with Crippen molar-refractivity contribution in [3.63, 3.8) is 0 Å². The van der Waals surface area contributed by atoms with Crippen molar-refractivity contribution in [2.45, 2.75) is 6.92 Å². The molecule has 3 nitrogen and oxygen atoms in total. The van der Waals surface area contributed by atoms with E-state index in [4.69, 9.17) is 4.74 Å². The molecule has 0 spiro atoms. The van der Waals surface area contributed by atoms with Crippen LogP contribution in [-0.4, -0.2) is 44.5 Å². The molecule has 0 aliphatic carbocycles. The van der Waals surface area contributed by atoms with E-state index in [9.17, 15) is 4.79 Å². The Morgan fingerprint density at radius 2 is 2.30 bits per heavy atom. The van der Waals surface area contributed by atoms with Gasteiger partial charge in [-0.1, -0.05) is 0 Å². The second-order valence-electron chi connectivity index (χ2n) is 2.13. The van der Waals surface area contributed by atoms with Crippen molar-refractivity contribution < 1.29 is 9.53 Å². The molecule has 0 fully saturated rings. The zero-order valence-corrected chi connectivity index (χ0v) is 6.67. The topological polar surface area (TPSA) is 29.5 Å². The van der Waals surface area contributed by atoms with E-state index in [2.05, 4.69) is 0 Å². The van der Waals surface area contributed by atoms with Crippen molar-refractivity contribution in [2.24, 2.45) is 0 Å². The van der Waals surface area contributed by atoms with E-state index < -0.39 is 0 Å².